The predicted molar refractivity (Wildman–Crippen MR) is 111 cm³/mol. The lowest BCUT2D eigenvalue weighted by Gasteiger charge is -2.11. The standard InChI is InChI=1S/C23H18F3N3O3/c1-14-3-6-16(7-4-14)13-29-15(2)5-12-19(22(29)30)21-27-20(28-32-21)17-8-10-18(11-9-17)31-23(24,25)26/h3-12H,13H2,1-2H3. The fraction of sp³-hybridized carbons (Fsp3) is 0.174. The second-order valence-electron chi connectivity index (χ2n) is 7.26. The molecule has 32 heavy (non-hydrogen) atoms. The van der Waals surface area contributed by atoms with Gasteiger partial charge in [-0.25, -0.2) is 0 Å². The molecule has 0 unspecified atom stereocenters. The van der Waals surface area contributed by atoms with Crippen molar-refractivity contribution >= 4 is 0 Å². The molecule has 6 nitrogen and oxygen atoms in total. The smallest absolute Gasteiger partial charge is 0.406 e. The van der Waals surface area contributed by atoms with Crippen molar-refractivity contribution in [2.75, 3.05) is 0 Å². The number of halogens is 3. The summed E-state index contributed by atoms with van der Waals surface area (Å²) in [4.78, 5) is 17.3. The molecule has 164 valence electrons. The molecule has 0 N–H and O–H groups in total. The zero-order valence-corrected chi connectivity index (χ0v) is 17.2. The van der Waals surface area contributed by atoms with E-state index in [1.54, 1.807) is 16.7 Å². The Morgan fingerprint density at radius 2 is 1.66 bits per heavy atom. The molecule has 0 aliphatic carbocycles. The van der Waals surface area contributed by atoms with Crippen molar-refractivity contribution in [2.24, 2.45) is 0 Å². The predicted octanol–water partition coefficient (Wildman–Crippen LogP) is 5.13. The lowest BCUT2D eigenvalue weighted by Crippen LogP contribution is -2.24. The molecule has 2 heterocycles. The summed E-state index contributed by atoms with van der Waals surface area (Å²) in [6, 6.07) is 16.3. The Balaban J connectivity index is 1.61. The third kappa shape index (κ3) is 4.72. The summed E-state index contributed by atoms with van der Waals surface area (Å²) in [5, 5.41) is 3.86. The molecule has 0 spiro atoms. The number of aromatic nitrogens is 3. The van der Waals surface area contributed by atoms with E-state index in [2.05, 4.69) is 14.9 Å². The van der Waals surface area contributed by atoms with Gasteiger partial charge in [-0.05, 0) is 55.8 Å². The average molecular weight is 441 g/mol. The molecule has 0 radical (unpaired) electrons. The van der Waals surface area contributed by atoms with E-state index < -0.39 is 6.36 Å². The summed E-state index contributed by atoms with van der Waals surface area (Å²) in [6.07, 6.45) is -4.77. The third-order valence-electron chi connectivity index (χ3n) is 4.86. The lowest BCUT2D eigenvalue weighted by atomic mass is 10.1. The molecule has 2 aromatic heterocycles. The molecular formula is C23H18F3N3O3. The maximum absolute atomic E-state index is 13.1. The topological polar surface area (TPSA) is 70.2 Å². The summed E-state index contributed by atoms with van der Waals surface area (Å²) in [5.74, 6) is -0.190. The highest BCUT2D eigenvalue weighted by Crippen LogP contribution is 2.26. The van der Waals surface area contributed by atoms with Crippen LogP contribution in [0.4, 0.5) is 13.2 Å². The maximum Gasteiger partial charge on any atom is 0.573 e. The van der Waals surface area contributed by atoms with Crippen molar-refractivity contribution in [3.05, 3.63) is 87.8 Å². The Hall–Kier alpha value is -3.88. The number of hydrogen-bond donors (Lipinski definition) is 0. The van der Waals surface area contributed by atoms with Gasteiger partial charge in [-0.1, -0.05) is 35.0 Å². The molecule has 0 bridgehead atoms. The zero-order valence-electron chi connectivity index (χ0n) is 17.2. The summed E-state index contributed by atoms with van der Waals surface area (Å²) in [7, 11) is 0. The van der Waals surface area contributed by atoms with Crippen LogP contribution in [0.5, 0.6) is 5.75 Å². The molecule has 9 heteroatoms. The van der Waals surface area contributed by atoms with Gasteiger partial charge in [-0.2, -0.15) is 4.98 Å². The fourth-order valence-corrected chi connectivity index (χ4v) is 3.16. The summed E-state index contributed by atoms with van der Waals surface area (Å²) < 4.78 is 47.7. The molecule has 4 rings (SSSR count). The van der Waals surface area contributed by atoms with E-state index in [-0.39, 0.29) is 28.6 Å². The van der Waals surface area contributed by atoms with Crippen LogP contribution in [-0.4, -0.2) is 21.1 Å². The Morgan fingerprint density at radius 3 is 2.31 bits per heavy atom. The van der Waals surface area contributed by atoms with Crippen molar-refractivity contribution in [3.8, 4) is 28.6 Å². The Bertz CT molecular complexity index is 1290. The quantitative estimate of drug-likeness (QED) is 0.430. The average Bonchev–Trinajstić information content (AvgIpc) is 3.22. The minimum Gasteiger partial charge on any atom is -0.406 e. The molecule has 0 saturated carbocycles. The lowest BCUT2D eigenvalue weighted by molar-refractivity contribution is -0.274. The largest absolute Gasteiger partial charge is 0.573 e. The van der Waals surface area contributed by atoms with E-state index in [0.29, 0.717) is 12.1 Å². The van der Waals surface area contributed by atoms with Crippen molar-refractivity contribution in [1.29, 1.82) is 0 Å². The van der Waals surface area contributed by atoms with Crippen LogP contribution in [0.25, 0.3) is 22.8 Å². The molecule has 0 atom stereocenters. The van der Waals surface area contributed by atoms with Crippen LogP contribution in [0.15, 0.2) is 70.0 Å². The molecular weight excluding hydrogens is 423 g/mol. The monoisotopic (exact) mass is 441 g/mol. The summed E-state index contributed by atoms with van der Waals surface area (Å²) >= 11 is 0. The zero-order chi connectivity index (χ0) is 22.9. The van der Waals surface area contributed by atoms with Gasteiger partial charge in [0.15, 0.2) is 0 Å². The summed E-state index contributed by atoms with van der Waals surface area (Å²) in [5.41, 5.74) is 3.25. The van der Waals surface area contributed by atoms with Crippen LogP contribution >= 0.6 is 0 Å². The third-order valence-corrected chi connectivity index (χ3v) is 4.86. The minimum absolute atomic E-state index is 0.0262. The van der Waals surface area contributed by atoms with Crippen LogP contribution in [-0.2, 0) is 6.54 Å². The van der Waals surface area contributed by atoms with Crippen LogP contribution < -0.4 is 10.3 Å². The molecule has 0 aliphatic rings. The number of benzene rings is 2. The first-order valence-corrected chi connectivity index (χ1v) is 9.66. The highest BCUT2D eigenvalue weighted by molar-refractivity contribution is 5.60. The normalized spacial score (nSPS) is 11.5. The SMILES string of the molecule is Cc1ccc(Cn2c(C)ccc(-c3nc(-c4ccc(OC(F)(F)F)cc4)no3)c2=O)cc1. The van der Waals surface area contributed by atoms with Crippen LogP contribution in [0.2, 0.25) is 0 Å². The van der Waals surface area contributed by atoms with Gasteiger partial charge in [0.25, 0.3) is 11.4 Å². The first-order valence-electron chi connectivity index (χ1n) is 9.66. The van der Waals surface area contributed by atoms with E-state index in [4.69, 9.17) is 4.52 Å². The van der Waals surface area contributed by atoms with E-state index in [0.717, 1.165) is 29.0 Å². The van der Waals surface area contributed by atoms with Crippen molar-refractivity contribution in [1.82, 2.24) is 14.7 Å². The van der Waals surface area contributed by atoms with E-state index in [1.807, 2.05) is 38.1 Å². The van der Waals surface area contributed by atoms with Crippen LogP contribution in [0.3, 0.4) is 0 Å². The Labute approximate surface area is 180 Å². The van der Waals surface area contributed by atoms with Crippen molar-refractivity contribution < 1.29 is 22.4 Å². The van der Waals surface area contributed by atoms with Crippen molar-refractivity contribution in [2.45, 2.75) is 26.8 Å². The number of nitrogens with zero attached hydrogens (tertiary/aromatic N) is 3. The highest BCUT2D eigenvalue weighted by Gasteiger charge is 2.31. The number of aryl methyl sites for hydroxylation is 2. The van der Waals surface area contributed by atoms with Gasteiger partial charge in [0.05, 0.1) is 6.54 Å². The van der Waals surface area contributed by atoms with Gasteiger partial charge in [-0.15, -0.1) is 13.2 Å². The van der Waals surface area contributed by atoms with Crippen molar-refractivity contribution in [3.63, 3.8) is 0 Å². The molecule has 0 amide bonds. The number of pyridine rings is 1. The van der Waals surface area contributed by atoms with Gasteiger partial charge in [0.2, 0.25) is 5.82 Å². The molecule has 0 aliphatic heterocycles. The van der Waals surface area contributed by atoms with Gasteiger partial charge >= 0.3 is 6.36 Å². The minimum atomic E-state index is -4.77. The van der Waals surface area contributed by atoms with Gasteiger partial charge in [-0.3, -0.25) is 4.79 Å². The molecule has 4 aromatic rings. The Morgan fingerprint density at radius 1 is 0.969 bits per heavy atom. The van der Waals surface area contributed by atoms with Crippen LogP contribution in [0.1, 0.15) is 16.8 Å². The first kappa shape index (κ1) is 21.4. The number of ether oxygens (including phenoxy) is 1. The second-order valence-corrected chi connectivity index (χ2v) is 7.26. The van der Waals surface area contributed by atoms with E-state index in [9.17, 15) is 18.0 Å². The fourth-order valence-electron chi connectivity index (χ4n) is 3.16. The maximum atomic E-state index is 13.1. The number of rotatable bonds is 5. The molecule has 0 fully saturated rings. The Kier molecular flexibility index (Phi) is 5.56. The second kappa shape index (κ2) is 8.33. The van der Waals surface area contributed by atoms with E-state index >= 15 is 0 Å². The van der Waals surface area contributed by atoms with Gasteiger partial charge in [0.1, 0.15) is 11.3 Å². The number of hydrogen-bond acceptors (Lipinski definition) is 5. The number of alkyl halides is 3. The first-order chi connectivity index (χ1) is 15.2. The highest BCUT2D eigenvalue weighted by atomic mass is 19.4. The molecule has 0 saturated heterocycles. The van der Waals surface area contributed by atoms with Gasteiger partial charge in [0, 0.05) is 11.3 Å². The molecule has 2 aromatic carbocycles. The van der Waals surface area contributed by atoms with Gasteiger partial charge < -0.3 is 13.8 Å². The van der Waals surface area contributed by atoms with E-state index in [1.165, 1.54) is 12.1 Å². The summed E-state index contributed by atoms with van der Waals surface area (Å²) in [6.45, 7) is 4.22. The van der Waals surface area contributed by atoms with Crippen LogP contribution in [0, 0.1) is 13.8 Å².